The Labute approximate surface area is 173 Å². The quantitative estimate of drug-likeness (QED) is 0.551. The van der Waals surface area contributed by atoms with Gasteiger partial charge in [-0.25, -0.2) is 4.39 Å². The van der Waals surface area contributed by atoms with Gasteiger partial charge in [0.25, 0.3) is 0 Å². The van der Waals surface area contributed by atoms with Crippen LogP contribution in [0.5, 0.6) is 0 Å². The number of hydrogen-bond donors (Lipinski definition) is 1. The molecule has 150 valence electrons. The van der Waals surface area contributed by atoms with Crippen molar-refractivity contribution in [1.29, 1.82) is 0 Å². The van der Waals surface area contributed by atoms with Crippen LogP contribution in [-0.4, -0.2) is 25.9 Å². The summed E-state index contributed by atoms with van der Waals surface area (Å²) < 4.78 is 16.3. The van der Waals surface area contributed by atoms with Gasteiger partial charge in [0.1, 0.15) is 5.82 Å². The molecule has 4 rings (SSSR count). The van der Waals surface area contributed by atoms with Crippen LogP contribution in [0.2, 0.25) is 0 Å². The van der Waals surface area contributed by atoms with E-state index in [1.165, 1.54) is 17.8 Å². The third kappa shape index (κ3) is 4.50. The molecule has 1 unspecified atom stereocenters. The molecular formula is C22H23FN4OS. The van der Waals surface area contributed by atoms with Gasteiger partial charge in [-0.1, -0.05) is 61.2 Å². The molecule has 0 bridgehead atoms. The van der Waals surface area contributed by atoms with E-state index in [-0.39, 0.29) is 23.0 Å². The molecule has 1 saturated carbocycles. The van der Waals surface area contributed by atoms with E-state index in [1.54, 1.807) is 18.2 Å². The molecule has 1 aliphatic rings. The maximum atomic E-state index is 14.3. The minimum atomic E-state index is -0.314. The second-order valence-electron chi connectivity index (χ2n) is 7.11. The molecule has 0 spiro atoms. The second kappa shape index (κ2) is 8.78. The minimum absolute atomic E-state index is 0.0286. The van der Waals surface area contributed by atoms with E-state index < -0.39 is 0 Å². The zero-order chi connectivity index (χ0) is 20.2. The Morgan fingerprint density at radius 2 is 1.90 bits per heavy atom. The van der Waals surface area contributed by atoms with E-state index in [0.717, 1.165) is 18.4 Å². The zero-order valence-electron chi connectivity index (χ0n) is 16.2. The lowest BCUT2D eigenvalue weighted by Crippen LogP contribution is -2.32. The molecule has 3 aromatic rings. The molecule has 7 heteroatoms. The van der Waals surface area contributed by atoms with Crippen molar-refractivity contribution in [3.63, 3.8) is 0 Å². The maximum Gasteiger partial charge on any atom is 0.233 e. The highest BCUT2D eigenvalue weighted by Gasteiger charge is 2.32. The smallest absolute Gasteiger partial charge is 0.233 e. The van der Waals surface area contributed by atoms with E-state index in [2.05, 4.69) is 15.5 Å². The first-order chi connectivity index (χ1) is 14.2. The van der Waals surface area contributed by atoms with Gasteiger partial charge in [-0.15, -0.1) is 10.2 Å². The van der Waals surface area contributed by atoms with E-state index >= 15 is 0 Å². The molecule has 0 radical (unpaired) electrons. The molecule has 1 heterocycles. The van der Waals surface area contributed by atoms with Gasteiger partial charge in [0, 0.05) is 12.6 Å². The summed E-state index contributed by atoms with van der Waals surface area (Å²) in [5, 5.41) is 12.0. The molecule has 0 aliphatic heterocycles. The van der Waals surface area contributed by atoms with Crippen molar-refractivity contribution >= 4 is 17.7 Å². The number of thioether (sulfide) groups is 1. The molecule has 0 saturated heterocycles. The van der Waals surface area contributed by atoms with E-state index in [9.17, 15) is 9.18 Å². The largest absolute Gasteiger partial charge is 0.351 e. The van der Waals surface area contributed by atoms with Crippen LogP contribution in [0.1, 0.15) is 37.8 Å². The van der Waals surface area contributed by atoms with E-state index in [1.807, 2.05) is 41.8 Å². The fraction of sp³-hybridized carbons (Fsp3) is 0.318. The Morgan fingerprint density at radius 1 is 1.17 bits per heavy atom. The van der Waals surface area contributed by atoms with Gasteiger partial charge in [-0.05, 0) is 37.0 Å². The van der Waals surface area contributed by atoms with Crippen molar-refractivity contribution in [3.8, 4) is 11.4 Å². The third-order valence-electron chi connectivity index (χ3n) is 4.91. The van der Waals surface area contributed by atoms with Crippen molar-refractivity contribution in [2.75, 3.05) is 0 Å². The lowest BCUT2D eigenvalue weighted by atomic mass is 10.2. The molecule has 1 N–H and O–H groups in total. The third-order valence-corrected chi connectivity index (χ3v) is 6.23. The number of benzene rings is 2. The number of amides is 1. The predicted molar refractivity (Wildman–Crippen MR) is 112 cm³/mol. The van der Waals surface area contributed by atoms with Crippen molar-refractivity contribution in [2.24, 2.45) is 0 Å². The molecule has 5 nitrogen and oxygen atoms in total. The second-order valence-corrected chi connectivity index (χ2v) is 8.28. The number of aromatic nitrogens is 3. The molecule has 1 aliphatic carbocycles. The zero-order valence-corrected chi connectivity index (χ0v) is 17.0. The van der Waals surface area contributed by atoms with Crippen LogP contribution in [0.15, 0.2) is 59.8 Å². The standard InChI is InChI=1S/C22H23FN4OS/c1-2-19(21(28)24-14-15-8-4-3-5-9-15)29-22-26-25-20(27(22)16-12-13-16)17-10-6-7-11-18(17)23/h3-11,16,19H,2,12-14H2,1H3,(H,24,28). The first-order valence-electron chi connectivity index (χ1n) is 9.85. The molecule has 2 aromatic carbocycles. The summed E-state index contributed by atoms with van der Waals surface area (Å²) in [5.74, 6) is 0.192. The van der Waals surface area contributed by atoms with Crippen molar-refractivity contribution in [2.45, 2.75) is 49.2 Å². The first-order valence-corrected chi connectivity index (χ1v) is 10.7. The van der Waals surface area contributed by atoms with Gasteiger partial charge in [-0.2, -0.15) is 0 Å². The summed E-state index contributed by atoms with van der Waals surface area (Å²) >= 11 is 1.40. The number of carbonyl (C=O) groups excluding carboxylic acids is 1. The van der Waals surface area contributed by atoms with Crippen molar-refractivity contribution < 1.29 is 9.18 Å². The summed E-state index contributed by atoms with van der Waals surface area (Å²) in [5.41, 5.74) is 1.50. The lowest BCUT2D eigenvalue weighted by molar-refractivity contribution is -0.120. The Morgan fingerprint density at radius 3 is 2.59 bits per heavy atom. The number of halogens is 1. The summed E-state index contributed by atoms with van der Waals surface area (Å²) in [4.78, 5) is 12.7. The Kier molecular flexibility index (Phi) is 5.94. The van der Waals surface area contributed by atoms with Crippen LogP contribution < -0.4 is 5.32 Å². The van der Waals surface area contributed by atoms with Gasteiger partial charge < -0.3 is 5.32 Å². The maximum absolute atomic E-state index is 14.3. The fourth-order valence-corrected chi connectivity index (χ4v) is 4.24. The predicted octanol–water partition coefficient (Wildman–Crippen LogP) is 4.61. The van der Waals surface area contributed by atoms with Crippen LogP contribution in [0, 0.1) is 5.82 Å². The molecular weight excluding hydrogens is 387 g/mol. The molecule has 1 aromatic heterocycles. The molecule has 1 fully saturated rings. The SMILES string of the molecule is CCC(Sc1nnc(-c2ccccc2F)n1C1CC1)C(=O)NCc1ccccc1. The number of hydrogen-bond acceptors (Lipinski definition) is 4. The topological polar surface area (TPSA) is 59.8 Å². The van der Waals surface area contributed by atoms with Crippen LogP contribution >= 0.6 is 11.8 Å². The average Bonchev–Trinajstić information content (AvgIpc) is 3.51. The lowest BCUT2D eigenvalue weighted by Gasteiger charge is -2.15. The normalized spacial score (nSPS) is 14.6. The average molecular weight is 411 g/mol. The highest BCUT2D eigenvalue weighted by Crippen LogP contribution is 2.42. The first kappa shape index (κ1) is 19.6. The summed E-state index contributed by atoms with van der Waals surface area (Å²) in [6.45, 7) is 2.47. The van der Waals surface area contributed by atoms with Gasteiger partial charge in [0.15, 0.2) is 11.0 Å². The van der Waals surface area contributed by atoms with Crippen LogP contribution in [0.4, 0.5) is 4.39 Å². The van der Waals surface area contributed by atoms with Gasteiger partial charge in [-0.3, -0.25) is 9.36 Å². The highest BCUT2D eigenvalue weighted by atomic mass is 32.2. The van der Waals surface area contributed by atoms with Crippen molar-refractivity contribution in [1.82, 2.24) is 20.1 Å². The van der Waals surface area contributed by atoms with E-state index in [0.29, 0.717) is 29.5 Å². The summed E-state index contributed by atoms with van der Waals surface area (Å²) in [6, 6.07) is 16.7. The Hall–Kier alpha value is -2.67. The number of nitrogens with zero attached hydrogens (tertiary/aromatic N) is 3. The molecule has 1 atom stereocenters. The van der Waals surface area contributed by atoms with E-state index in [4.69, 9.17) is 0 Å². The highest BCUT2D eigenvalue weighted by molar-refractivity contribution is 8.00. The minimum Gasteiger partial charge on any atom is -0.351 e. The number of nitrogens with one attached hydrogen (secondary N) is 1. The Bertz CT molecular complexity index is 987. The molecule has 29 heavy (non-hydrogen) atoms. The van der Waals surface area contributed by atoms with Crippen LogP contribution in [-0.2, 0) is 11.3 Å². The van der Waals surface area contributed by atoms with Crippen molar-refractivity contribution in [3.05, 3.63) is 66.0 Å². The molecule has 1 amide bonds. The van der Waals surface area contributed by atoms with Gasteiger partial charge >= 0.3 is 0 Å². The fourth-order valence-electron chi connectivity index (χ4n) is 3.19. The van der Waals surface area contributed by atoms with Gasteiger partial charge in [0.05, 0.1) is 10.8 Å². The summed E-state index contributed by atoms with van der Waals surface area (Å²) in [7, 11) is 0. The Balaban J connectivity index is 1.52. The monoisotopic (exact) mass is 410 g/mol. The van der Waals surface area contributed by atoms with Crippen LogP contribution in [0.25, 0.3) is 11.4 Å². The van der Waals surface area contributed by atoms with Crippen LogP contribution in [0.3, 0.4) is 0 Å². The van der Waals surface area contributed by atoms with Gasteiger partial charge in [0.2, 0.25) is 5.91 Å². The number of carbonyl (C=O) groups is 1. The number of rotatable bonds is 8. The summed E-state index contributed by atoms with van der Waals surface area (Å²) in [6.07, 6.45) is 2.70.